The molecule has 1 aliphatic rings. The molecule has 32 heavy (non-hydrogen) atoms. The summed E-state index contributed by atoms with van der Waals surface area (Å²) in [5.41, 5.74) is 0.0254. The molecular formula is C23H31FN2O6. The average molecular weight is 451 g/mol. The molecule has 1 N–H and O–H groups in total. The van der Waals surface area contributed by atoms with Crippen LogP contribution in [-0.4, -0.2) is 59.6 Å². The molecule has 1 aliphatic heterocycles. The Balaban J connectivity index is 2.03. The zero-order valence-corrected chi connectivity index (χ0v) is 18.8. The number of piperidine rings is 1. The van der Waals surface area contributed by atoms with Crippen molar-refractivity contribution in [3.63, 3.8) is 0 Å². The number of hydrogen-bond donors (Lipinski definition) is 1. The van der Waals surface area contributed by atoms with Gasteiger partial charge in [0, 0.05) is 6.54 Å². The minimum absolute atomic E-state index is 0.0616. The van der Waals surface area contributed by atoms with Gasteiger partial charge in [-0.15, -0.1) is 0 Å². The third kappa shape index (κ3) is 7.94. The summed E-state index contributed by atoms with van der Waals surface area (Å²) < 4.78 is 23.6. The van der Waals surface area contributed by atoms with Crippen LogP contribution in [0.2, 0.25) is 0 Å². The molecule has 0 bridgehead atoms. The normalized spacial score (nSPS) is 17.2. The second kappa shape index (κ2) is 11.6. The first-order chi connectivity index (χ1) is 15.1. The number of Topliss-reactive ketones (excluding diaryl/α,β-unsaturated/α-hetero) is 1. The number of esters is 1. The summed E-state index contributed by atoms with van der Waals surface area (Å²) in [6.45, 7) is 4.04. The van der Waals surface area contributed by atoms with Crippen LogP contribution in [0.25, 0.3) is 0 Å². The summed E-state index contributed by atoms with van der Waals surface area (Å²) in [5.74, 6) is -2.29. The van der Waals surface area contributed by atoms with Crippen LogP contribution in [-0.2, 0) is 30.5 Å². The summed E-state index contributed by atoms with van der Waals surface area (Å²) in [4.78, 5) is 50.9. The number of ether oxygens (including phenoxy) is 2. The molecule has 0 aromatic heterocycles. The SMILES string of the molecule is CC(C)(C)OC(=O)CC(NC(=O)[C@@H]1CCCCN1C(=O)OCc1ccccc1)C(=O)CF. The maximum atomic E-state index is 13.0. The van der Waals surface area contributed by atoms with Crippen molar-refractivity contribution in [3.8, 4) is 0 Å². The molecule has 1 aromatic carbocycles. The number of ketones is 1. The molecular weight excluding hydrogens is 419 g/mol. The van der Waals surface area contributed by atoms with Gasteiger partial charge < -0.3 is 14.8 Å². The van der Waals surface area contributed by atoms with E-state index in [1.54, 1.807) is 20.8 Å². The molecule has 1 fully saturated rings. The highest BCUT2D eigenvalue weighted by atomic mass is 19.1. The lowest BCUT2D eigenvalue weighted by Crippen LogP contribution is -2.55. The quantitative estimate of drug-likeness (QED) is 0.611. The van der Waals surface area contributed by atoms with Crippen LogP contribution >= 0.6 is 0 Å². The van der Waals surface area contributed by atoms with Crippen LogP contribution in [0, 0.1) is 0 Å². The Kier molecular flexibility index (Phi) is 9.16. The van der Waals surface area contributed by atoms with Crippen LogP contribution in [0.4, 0.5) is 9.18 Å². The van der Waals surface area contributed by atoms with Gasteiger partial charge in [0.2, 0.25) is 5.91 Å². The van der Waals surface area contributed by atoms with E-state index >= 15 is 0 Å². The molecule has 1 saturated heterocycles. The Morgan fingerprint density at radius 2 is 1.84 bits per heavy atom. The largest absolute Gasteiger partial charge is 0.460 e. The van der Waals surface area contributed by atoms with E-state index in [0.717, 1.165) is 5.56 Å². The van der Waals surface area contributed by atoms with E-state index in [-0.39, 0.29) is 6.61 Å². The predicted molar refractivity (Wildman–Crippen MR) is 114 cm³/mol. The van der Waals surface area contributed by atoms with Gasteiger partial charge in [-0.25, -0.2) is 9.18 Å². The molecule has 8 nitrogen and oxygen atoms in total. The van der Waals surface area contributed by atoms with E-state index in [4.69, 9.17) is 9.47 Å². The van der Waals surface area contributed by atoms with Crippen molar-refractivity contribution in [2.24, 2.45) is 0 Å². The summed E-state index contributed by atoms with van der Waals surface area (Å²) in [6, 6.07) is 6.89. The second-order valence-electron chi connectivity index (χ2n) is 8.70. The first-order valence-electron chi connectivity index (χ1n) is 10.7. The molecule has 0 spiro atoms. The van der Waals surface area contributed by atoms with Gasteiger partial charge in [-0.2, -0.15) is 0 Å². The number of alkyl halides is 1. The Labute approximate surface area is 187 Å². The van der Waals surface area contributed by atoms with Gasteiger partial charge in [-0.1, -0.05) is 30.3 Å². The topological polar surface area (TPSA) is 102 Å². The highest BCUT2D eigenvalue weighted by Gasteiger charge is 2.36. The maximum absolute atomic E-state index is 13.0. The van der Waals surface area contributed by atoms with Crippen LogP contribution in [0.3, 0.4) is 0 Å². The van der Waals surface area contributed by atoms with Gasteiger partial charge in [0.05, 0.1) is 6.42 Å². The Bertz CT molecular complexity index is 808. The number of rotatable bonds is 8. The van der Waals surface area contributed by atoms with Gasteiger partial charge in [0.25, 0.3) is 0 Å². The first kappa shape index (κ1) is 25.3. The van der Waals surface area contributed by atoms with Crippen molar-refractivity contribution >= 4 is 23.8 Å². The number of nitrogens with zero attached hydrogens (tertiary/aromatic N) is 1. The van der Waals surface area contributed by atoms with Gasteiger partial charge >= 0.3 is 12.1 Å². The predicted octanol–water partition coefficient (Wildman–Crippen LogP) is 2.93. The molecule has 0 saturated carbocycles. The lowest BCUT2D eigenvalue weighted by molar-refractivity contribution is -0.156. The summed E-state index contributed by atoms with van der Waals surface area (Å²) in [6.07, 6.45) is 0.643. The first-order valence-corrected chi connectivity index (χ1v) is 10.7. The van der Waals surface area contributed by atoms with Crippen molar-refractivity contribution in [2.45, 2.75) is 70.7 Å². The van der Waals surface area contributed by atoms with Crippen molar-refractivity contribution < 1.29 is 33.0 Å². The molecule has 2 amide bonds. The number of nitrogens with one attached hydrogen (secondary N) is 1. The smallest absolute Gasteiger partial charge is 0.410 e. The Morgan fingerprint density at radius 1 is 1.16 bits per heavy atom. The summed E-state index contributed by atoms with van der Waals surface area (Å²) >= 11 is 0. The van der Waals surface area contributed by atoms with Crippen LogP contribution in [0.1, 0.15) is 52.0 Å². The highest BCUT2D eigenvalue weighted by molar-refractivity contribution is 5.95. The third-order valence-corrected chi connectivity index (χ3v) is 4.87. The molecule has 2 rings (SSSR count). The maximum Gasteiger partial charge on any atom is 0.410 e. The number of amides is 2. The number of halogens is 1. The average Bonchev–Trinajstić information content (AvgIpc) is 2.75. The zero-order valence-electron chi connectivity index (χ0n) is 18.8. The van der Waals surface area contributed by atoms with Crippen molar-refractivity contribution in [2.75, 3.05) is 13.2 Å². The lowest BCUT2D eigenvalue weighted by atomic mass is 10.0. The van der Waals surface area contributed by atoms with E-state index in [1.807, 2.05) is 30.3 Å². The zero-order chi connectivity index (χ0) is 23.7. The van der Waals surface area contributed by atoms with Crippen molar-refractivity contribution in [1.82, 2.24) is 10.2 Å². The van der Waals surface area contributed by atoms with Crippen molar-refractivity contribution in [3.05, 3.63) is 35.9 Å². The van der Waals surface area contributed by atoms with E-state index in [0.29, 0.717) is 25.8 Å². The Hall–Kier alpha value is -2.97. The fourth-order valence-corrected chi connectivity index (χ4v) is 3.38. The molecule has 2 atom stereocenters. The van der Waals surface area contributed by atoms with Crippen molar-refractivity contribution in [1.29, 1.82) is 0 Å². The standard InChI is InChI=1S/C23H31FN2O6/c1-23(2,3)32-20(28)13-17(19(27)14-24)25-21(29)18-11-7-8-12-26(18)22(30)31-15-16-9-5-4-6-10-16/h4-6,9-10,17-18H,7-8,11-15H2,1-3H3,(H,25,29)/t17?,18-/m0/s1. The van der Waals surface area contributed by atoms with E-state index < -0.39 is 54.5 Å². The highest BCUT2D eigenvalue weighted by Crippen LogP contribution is 2.19. The van der Waals surface area contributed by atoms with Crippen LogP contribution in [0.15, 0.2) is 30.3 Å². The van der Waals surface area contributed by atoms with E-state index in [1.165, 1.54) is 4.90 Å². The number of benzene rings is 1. The fourth-order valence-electron chi connectivity index (χ4n) is 3.38. The number of carbonyl (C=O) groups is 4. The molecule has 1 unspecified atom stereocenters. The fraction of sp³-hybridized carbons (Fsp3) is 0.565. The Morgan fingerprint density at radius 3 is 2.47 bits per heavy atom. The van der Waals surface area contributed by atoms with Gasteiger partial charge in [0.15, 0.2) is 5.78 Å². The minimum atomic E-state index is -1.37. The summed E-state index contributed by atoms with van der Waals surface area (Å²) in [5, 5.41) is 2.43. The van der Waals surface area contributed by atoms with Gasteiger partial charge in [0.1, 0.15) is 31.0 Å². The monoisotopic (exact) mass is 450 g/mol. The van der Waals surface area contributed by atoms with Crippen LogP contribution in [0.5, 0.6) is 0 Å². The van der Waals surface area contributed by atoms with Gasteiger partial charge in [-0.3, -0.25) is 19.3 Å². The molecule has 176 valence electrons. The molecule has 0 aliphatic carbocycles. The number of hydrogen-bond acceptors (Lipinski definition) is 6. The third-order valence-electron chi connectivity index (χ3n) is 4.87. The van der Waals surface area contributed by atoms with E-state index in [2.05, 4.69) is 5.32 Å². The molecule has 1 heterocycles. The summed E-state index contributed by atoms with van der Waals surface area (Å²) in [7, 11) is 0. The molecule has 1 aromatic rings. The van der Waals surface area contributed by atoms with E-state index in [9.17, 15) is 23.6 Å². The molecule has 9 heteroatoms. The number of carbonyl (C=O) groups excluding carboxylic acids is 4. The minimum Gasteiger partial charge on any atom is -0.460 e. The van der Waals surface area contributed by atoms with Gasteiger partial charge in [-0.05, 0) is 45.6 Å². The molecule has 0 radical (unpaired) electrons. The number of likely N-dealkylation sites (tertiary alicyclic amines) is 1. The second-order valence-corrected chi connectivity index (χ2v) is 8.70. The lowest BCUT2D eigenvalue weighted by Gasteiger charge is -2.34. The van der Waals surface area contributed by atoms with Crippen LogP contribution < -0.4 is 5.32 Å².